The number of ether oxygens (including phenoxy) is 1. The maximum atomic E-state index is 10.8. The fourth-order valence-corrected chi connectivity index (χ4v) is 3.27. The van der Waals surface area contributed by atoms with E-state index in [2.05, 4.69) is 10.3 Å². The van der Waals surface area contributed by atoms with Crippen LogP contribution in [-0.4, -0.2) is 41.4 Å². The third kappa shape index (κ3) is 2.83. The number of carboxylic acids is 1. The van der Waals surface area contributed by atoms with Crippen molar-refractivity contribution in [3.05, 3.63) is 29.6 Å². The summed E-state index contributed by atoms with van der Waals surface area (Å²) in [6.45, 7) is 2.87. The molecular formula is C15H20N2O3. The van der Waals surface area contributed by atoms with Crippen LogP contribution < -0.4 is 5.32 Å². The largest absolute Gasteiger partial charge is 0.478 e. The summed E-state index contributed by atoms with van der Waals surface area (Å²) >= 11 is 0. The van der Waals surface area contributed by atoms with Crippen LogP contribution in [-0.2, 0) is 11.2 Å². The molecule has 1 atom stereocenters. The summed E-state index contributed by atoms with van der Waals surface area (Å²) in [5, 5.41) is 12.2. The summed E-state index contributed by atoms with van der Waals surface area (Å²) in [7, 11) is 0. The minimum Gasteiger partial charge on any atom is -0.478 e. The van der Waals surface area contributed by atoms with Crippen LogP contribution in [0, 0.1) is 5.92 Å². The molecule has 1 aromatic heterocycles. The van der Waals surface area contributed by atoms with Crippen LogP contribution in [0.15, 0.2) is 18.3 Å². The first-order valence-electron chi connectivity index (χ1n) is 7.20. The fraction of sp³-hybridized carbons (Fsp3) is 0.600. The lowest BCUT2D eigenvalue weighted by molar-refractivity contribution is -0.0196. The number of aromatic nitrogens is 1. The maximum Gasteiger partial charge on any atom is 0.337 e. The summed E-state index contributed by atoms with van der Waals surface area (Å²) in [5.74, 6) is -0.432. The quantitative estimate of drug-likeness (QED) is 0.875. The number of hydrogen-bond donors (Lipinski definition) is 2. The summed E-state index contributed by atoms with van der Waals surface area (Å²) in [6, 6.07) is 3.44. The van der Waals surface area contributed by atoms with Crippen LogP contribution in [0.1, 0.15) is 35.3 Å². The highest BCUT2D eigenvalue weighted by Gasteiger charge is 2.40. The van der Waals surface area contributed by atoms with Crippen molar-refractivity contribution in [1.29, 1.82) is 0 Å². The molecule has 5 heteroatoms. The molecule has 20 heavy (non-hydrogen) atoms. The molecule has 2 fully saturated rings. The van der Waals surface area contributed by atoms with E-state index in [-0.39, 0.29) is 11.2 Å². The summed E-state index contributed by atoms with van der Waals surface area (Å²) in [5.41, 5.74) is 1.28. The van der Waals surface area contributed by atoms with Crippen LogP contribution in [0.4, 0.5) is 0 Å². The highest BCUT2D eigenvalue weighted by atomic mass is 16.5. The Bertz CT molecular complexity index is 480. The zero-order valence-electron chi connectivity index (χ0n) is 11.5. The molecule has 2 aliphatic heterocycles. The number of nitrogens with one attached hydrogen (secondary N) is 1. The second-order valence-electron chi connectivity index (χ2n) is 5.86. The van der Waals surface area contributed by atoms with Crippen LogP contribution in [0.25, 0.3) is 0 Å². The number of rotatable bonds is 3. The van der Waals surface area contributed by atoms with E-state index in [1.54, 1.807) is 6.07 Å². The standard InChI is InChI=1S/C15H20N2O3/c18-14(19)12-1-2-13(17-9-12)7-11-8-15(20-10-11)3-5-16-6-4-15/h1-2,9,11,16H,3-8,10H2,(H,18,19). The van der Waals surface area contributed by atoms with E-state index in [0.29, 0.717) is 5.92 Å². The first-order valence-corrected chi connectivity index (χ1v) is 7.20. The van der Waals surface area contributed by atoms with E-state index >= 15 is 0 Å². The van der Waals surface area contributed by atoms with Gasteiger partial charge in [-0.05, 0) is 56.8 Å². The lowest BCUT2D eigenvalue weighted by atomic mass is 9.85. The number of pyridine rings is 1. The summed E-state index contributed by atoms with van der Waals surface area (Å²) < 4.78 is 6.07. The van der Waals surface area contributed by atoms with E-state index in [0.717, 1.165) is 51.1 Å². The molecule has 0 amide bonds. The van der Waals surface area contributed by atoms with Crippen molar-refractivity contribution < 1.29 is 14.6 Å². The molecule has 1 spiro atoms. The lowest BCUT2D eigenvalue weighted by Gasteiger charge is -2.33. The summed E-state index contributed by atoms with van der Waals surface area (Å²) in [6.07, 6.45) is 5.59. The van der Waals surface area contributed by atoms with Crippen molar-refractivity contribution in [2.24, 2.45) is 5.92 Å². The average molecular weight is 276 g/mol. The molecule has 1 aromatic rings. The predicted octanol–water partition coefficient (Wildman–Crippen LogP) is 1.48. The molecule has 1 unspecified atom stereocenters. The molecule has 2 saturated heterocycles. The molecule has 0 radical (unpaired) electrons. The molecule has 2 N–H and O–H groups in total. The molecule has 0 saturated carbocycles. The van der Waals surface area contributed by atoms with Gasteiger partial charge < -0.3 is 15.2 Å². The molecule has 3 rings (SSSR count). The molecule has 2 aliphatic rings. The second kappa shape index (κ2) is 5.50. The molecule has 0 aromatic carbocycles. The van der Waals surface area contributed by atoms with E-state index in [1.807, 2.05) is 6.07 Å². The highest BCUT2D eigenvalue weighted by Crippen LogP contribution is 2.38. The van der Waals surface area contributed by atoms with E-state index in [9.17, 15) is 4.79 Å². The van der Waals surface area contributed by atoms with E-state index < -0.39 is 5.97 Å². The molecule has 3 heterocycles. The SMILES string of the molecule is O=C(O)c1ccc(CC2COC3(CCNCC3)C2)nc1. The zero-order valence-corrected chi connectivity index (χ0v) is 11.5. The number of hydrogen-bond acceptors (Lipinski definition) is 4. The van der Waals surface area contributed by atoms with Gasteiger partial charge in [-0.25, -0.2) is 4.79 Å². The minimum atomic E-state index is -0.929. The van der Waals surface area contributed by atoms with Gasteiger partial charge in [0.2, 0.25) is 0 Å². The Morgan fingerprint density at radius 3 is 2.90 bits per heavy atom. The Kier molecular flexibility index (Phi) is 3.72. The Hall–Kier alpha value is -1.46. The van der Waals surface area contributed by atoms with Gasteiger partial charge in [-0.3, -0.25) is 4.98 Å². The number of carboxylic acid groups (broad SMARTS) is 1. The van der Waals surface area contributed by atoms with Crippen molar-refractivity contribution in [3.63, 3.8) is 0 Å². The number of aromatic carboxylic acids is 1. The van der Waals surface area contributed by atoms with Crippen molar-refractivity contribution in [3.8, 4) is 0 Å². The van der Waals surface area contributed by atoms with Crippen molar-refractivity contribution in [2.75, 3.05) is 19.7 Å². The van der Waals surface area contributed by atoms with Gasteiger partial charge in [0, 0.05) is 11.9 Å². The molecule has 108 valence electrons. The van der Waals surface area contributed by atoms with Crippen molar-refractivity contribution >= 4 is 5.97 Å². The Morgan fingerprint density at radius 2 is 2.25 bits per heavy atom. The third-order valence-corrected chi connectivity index (χ3v) is 4.37. The minimum absolute atomic E-state index is 0.0803. The van der Waals surface area contributed by atoms with Gasteiger partial charge in [0.15, 0.2) is 0 Å². The number of carbonyl (C=O) groups is 1. The van der Waals surface area contributed by atoms with Crippen LogP contribution in [0.3, 0.4) is 0 Å². The van der Waals surface area contributed by atoms with Gasteiger partial charge in [0.1, 0.15) is 0 Å². The van der Waals surface area contributed by atoms with Crippen LogP contribution in [0.2, 0.25) is 0 Å². The van der Waals surface area contributed by atoms with E-state index in [1.165, 1.54) is 6.20 Å². The van der Waals surface area contributed by atoms with Crippen molar-refractivity contribution in [1.82, 2.24) is 10.3 Å². The van der Waals surface area contributed by atoms with Gasteiger partial charge >= 0.3 is 5.97 Å². The smallest absolute Gasteiger partial charge is 0.337 e. The van der Waals surface area contributed by atoms with Crippen LogP contribution in [0.5, 0.6) is 0 Å². The topological polar surface area (TPSA) is 71.5 Å². The first-order chi connectivity index (χ1) is 9.67. The van der Waals surface area contributed by atoms with Gasteiger partial charge in [-0.15, -0.1) is 0 Å². The maximum absolute atomic E-state index is 10.8. The zero-order chi connectivity index (χ0) is 14.0. The monoisotopic (exact) mass is 276 g/mol. The molecule has 0 bridgehead atoms. The number of nitrogens with zero attached hydrogens (tertiary/aromatic N) is 1. The average Bonchev–Trinajstić information content (AvgIpc) is 2.83. The molecule has 5 nitrogen and oxygen atoms in total. The summed E-state index contributed by atoms with van der Waals surface area (Å²) in [4.78, 5) is 15.0. The molecule has 0 aliphatic carbocycles. The second-order valence-corrected chi connectivity index (χ2v) is 5.86. The Labute approximate surface area is 118 Å². The van der Waals surface area contributed by atoms with Crippen molar-refractivity contribution in [2.45, 2.75) is 31.3 Å². The van der Waals surface area contributed by atoms with Gasteiger partial charge in [-0.2, -0.15) is 0 Å². The van der Waals surface area contributed by atoms with Gasteiger partial charge in [0.05, 0.1) is 17.8 Å². The Morgan fingerprint density at radius 1 is 1.45 bits per heavy atom. The normalized spacial score (nSPS) is 24.9. The Balaban J connectivity index is 1.60. The third-order valence-electron chi connectivity index (χ3n) is 4.37. The lowest BCUT2D eigenvalue weighted by Crippen LogP contribution is -2.41. The van der Waals surface area contributed by atoms with Crippen LogP contribution >= 0.6 is 0 Å². The first kappa shape index (κ1) is 13.5. The fourth-order valence-electron chi connectivity index (χ4n) is 3.27. The predicted molar refractivity (Wildman–Crippen MR) is 73.8 cm³/mol. The van der Waals surface area contributed by atoms with E-state index in [4.69, 9.17) is 9.84 Å². The molecular weight excluding hydrogens is 256 g/mol. The highest BCUT2D eigenvalue weighted by molar-refractivity contribution is 5.87. The van der Waals surface area contributed by atoms with Gasteiger partial charge in [0.25, 0.3) is 0 Å². The number of piperidine rings is 1. The van der Waals surface area contributed by atoms with Gasteiger partial charge in [-0.1, -0.05) is 0 Å².